The third-order valence-electron chi connectivity index (χ3n) is 3.04. The molecule has 2 aromatic rings. The Morgan fingerprint density at radius 1 is 1.44 bits per heavy atom. The van der Waals surface area contributed by atoms with Gasteiger partial charge in [-0.05, 0) is 32.0 Å². The maximum atomic E-state index is 5.88. The number of nitrogens with zero attached hydrogens (tertiary/aromatic N) is 1. The predicted octanol–water partition coefficient (Wildman–Crippen LogP) is 1.61. The zero-order valence-electron chi connectivity index (χ0n) is 9.29. The van der Waals surface area contributed by atoms with Gasteiger partial charge < -0.3 is 10.1 Å². The fraction of sp³-hybridized carbons (Fsp3) is 0.417. The zero-order valence-corrected chi connectivity index (χ0v) is 9.29. The zero-order chi connectivity index (χ0) is 11.0. The molecule has 0 bridgehead atoms. The van der Waals surface area contributed by atoms with Crippen molar-refractivity contribution < 1.29 is 4.74 Å². The summed E-state index contributed by atoms with van der Waals surface area (Å²) in [6.45, 7) is 4.02. The van der Waals surface area contributed by atoms with E-state index in [1.54, 1.807) is 0 Å². The summed E-state index contributed by atoms with van der Waals surface area (Å²) in [5.41, 5.74) is 2.07. The van der Waals surface area contributed by atoms with Crippen molar-refractivity contribution in [2.24, 2.45) is 0 Å². The molecule has 1 unspecified atom stereocenters. The summed E-state index contributed by atoms with van der Waals surface area (Å²) in [6, 6.07) is 6.08. The molecule has 1 saturated heterocycles. The molecule has 0 aliphatic carbocycles. The summed E-state index contributed by atoms with van der Waals surface area (Å²) in [4.78, 5) is 0. The van der Waals surface area contributed by atoms with Crippen LogP contribution in [0, 0.1) is 6.92 Å². The molecule has 0 spiro atoms. The number of hydrogen-bond donors (Lipinski definition) is 2. The SMILES string of the molecule is Cc1[nH]nc2cc(OC3CCNC3)ccc12. The summed E-state index contributed by atoms with van der Waals surface area (Å²) in [5.74, 6) is 0.910. The molecule has 1 fully saturated rings. The van der Waals surface area contributed by atoms with Crippen LogP contribution in [-0.2, 0) is 0 Å². The number of ether oxygens (including phenoxy) is 1. The summed E-state index contributed by atoms with van der Waals surface area (Å²) >= 11 is 0. The van der Waals surface area contributed by atoms with Crippen molar-refractivity contribution >= 4 is 10.9 Å². The molecule has 4 heteroatoms. The molecule has 1 aliphatic heterocycles. The largest absolute Gasteiger partial charge is 0.489 e. The number of aromatic amines is 1. The number of nitrogens with one attached hydrogen (secondary N) is 2. The van der Waals surface area contributed by atoms with Crippen LogP contribution in [0.15, 0.2) is 18.2 Å². The molecule has 1 aliphatic rings. The molecular formula is C12H15N3O. The van der Waals surface area contributed by atoms with Crippen LogP contribution in [0.4, 0.5) is 0 Å². The minimum Gasteiger partial charge on any atom is -0.489 e. The molecule has 1 atom stereocenters. The minimum absolute atomic E-state index is 0.303. The van der Waals surface area contributed by atoms with E-state index in [9.17, 15) is 0 Å². The lowest BCUT2D eigenvalue weighted by Gasteiger charge is -2.11. The van der Waals surface area contributed by atoms with Crippen molar-refractivity contribution in [1.82, 2.24) is 15.5 Å². The minimum atomic E-state index is 0.303. The Balaban J connectivity index is 1.87. The molecule has 0 saturated carbocycles. The molecule has 1 aromatic carbocycles. The van der Waals surface area contributed by atoms with Gasteiger partial charge in [-0.1, -0.05) is 0 Å². The lowest BCUT2D eigenvalue weighted by Crippen LogP contribution is -2.19. The Bertz CT molecular complexity index is 500. The van der Waals surface area contributed by atoms with Crippen LogP contribution >= 0.6 is 0 Å². The van der Waals surface area contributed by atoms with Gasteiger partial charge in [0.1, 0.15) is 11.9 Å². The Morgan fingerprint density at radius 3 is 3.19 bits per heavy atom. The Labute approximate surface area is 94.0 Å². The molecule has 0 amide bonds. The number of rotatable bonds is 2. The normalized spacial score (nSPS) is 20.4. The van der Waals surface area contributed by atoms with Crippen LogP contribution in [0.1, 0.15) is 12.1 Å². The molecule has 16 heavy (non-hydrogen) atoms. The van der Waals surface area contributed by atoms with Crippen molar-refractivity contribution in [2.45, 2.75) is 19.4 Å². The predicted molar refractivity (Wildman–Crippen MR) is 62.7 cm³/mol. The van der Waals surface area contributed by atoms with E-state index in [0.717, 1.165) is 41.9 Å². The van der Waals surface area contributed by atoms with E-state index >= 15 is 0 Å². The van der Waals surface area contributed by atoms with Crippen molar-refractivity contribution in [1.29, 1.82) is 0 Å². The summed E-state index contributed by atoms with van der Waals surface area (Å²) in [5, 5.41) is 11.7. The van der Waals surface area contributed by atoms with Gasteiger partial charge in [-0.2, -0.15) is 5.10 Å². The van der Waals surface area contributed by atoms with Crippen LogP contribution in [0.2, 0.25) is 0 Å². The first-order valence-corrected chi connectivity index (χ1v) is 5.65. The van der Waals surface area contributed by atoms with Gasteiger partial charge in [-0.15, -0.1) is 0 Å². The maximum absolute atomic E-state index is 5.88. The molecule has 2 heterocycles. The third-order valence-corrected chi connectivity index (χ3v) is 3.04. The van der Waals surface area contributed by atoms with E-state index in [4.69, 9.17) is 4.74 Å². The highest BCUT2D eigenvalue weighted by molar-refractivity contribution is 5.82. The molecule has 84 valence electrons. The number of benzene rings is 1. The van der Waals surface area contributed by atoms with Crippen molar-refractivity contribution in [3.05, 3.63) is 23.9 Å². The summed E-state index contributed by atoms with van der Waals surface area (Å²) < 4.78 is 5.88. The quantitative estimate of drug-likeness (QED) is 0.803. The standard InChI is InChI=1S/C12H15N3O/c1-8-11-3-2-9(6-12(11)15-14-8)16-10-4-5-13-7-10/h2-3,6,10,13H,4-5,7H2,1H3,(H,14,15). The fourth-order valence-electron chi connectivity index (χ4n) is 2.12. The van der Waals surface area contributed by atoms with E-state index in [1.807, 2.05) is 19.1 Å². The van der Waals surface area contributed by atoms with Gasteiger partial charge in [0.2, 0.25) is 0 Å². The summed E-state index contributed by atoms with van der Waals surface area (Å²) in [6.07, 6.45) is 1.38. The summed E-state index contributed by atoms with van der Waals surface area (Å²) in [7, 11) is 0. The lowest BCUT2D eigenvalue weighted by atomic mass is 10.2. The Kier molecular flexibility index (Phi) is 2.29. The lowest BCUT2D eigenvalue weighted by molar-refractivity contribution is 0.223. The first kappa shape index (κ1) is 9.66. The van der Waals surface area contributed by atoms with E-state index in [0.29, 0.717) is 6.10 Å². The highest BCUT2D eigenvalue weighted by atomic mass is 16.5. The van der Waals surface area contributed by atoms with Crippen molar-refractivity contribution in [3.63, 3.8) is 0 Å². The molecule has 3 rings (SSSR count). The van der Waals surface area contributed by atoms with E-state index < -0.39 is 0 Å². The van der Waals surface area contributed by atoms with Gasteiger partial charge in [0.05, 0.1) is 5.52 Å². The molecule has 4 nitrogen and oxygen atoms in total. The van der Waals surface area contributed by atoms with Gasteiger partial charge in [-0.3, -0.25) is 5.10 Å². The second-order valence-electron chi connectivity index (χ2n) is 4.26. The highest BCUT2D eigenvalue weighted by Gasteiger charge is 2.16. The highest BCUT2D eigenvalue weighted by Crippen LogP contribution is 2.22. The first-order chi connectivity index (χ1) is 7.83. The van der Waals surface area contributed by atoms with Crippen LogP contribution in [0.25, 0.3) is 10.9 Å². The third kappa shape index (κ3) is 1.65. The van der Waals surface area contributed by atoms with Crippen LogP contribution in [-0.4, -0.2) is 29.4 Å². The number of aryl methyl sites for hydroxylation is 1. The Morgan fingerprint density at radius 2 is 2.38 bits per heavy atom. The van der Waals surface area contributed by atoms with E-state index in [1.165, 1.54) is 0 Å². The van der Waals surface area contributed by atoms with Crippen LogP contribution in [0.5, 0.6) is 5.75 Å². The van der Waals surface area contributed by atoms with Crippen molar-refractivity contribution in [2.75, 3.05) is 13.1 Å². The van der Waals surface area contributed by atoms with Crippen LogP contribution < -0.4 is 10.1 Å². The van der Waals surface area contributed by atoms with Gasteiger partial charge in [0.15, 0.2) is 0 Å². The van der Waals surface area contributed by atoms with Gasteiger partial charge in [0, 0.05) is 23.7 Å². The monoisotopic (exact) mass is 217 g/mol. The van der Waals surface area contributed by atoms with Crippen LogP contribution in [0.3, 0.4) is 0 Å². The van der Waals surface area contributed by atoms with E-state index in [-0.39, 0.29) is 0 Å². The molecular weight excluding hydrogens is 202 g/mol. The van der Waals surface area contributed by atoms with E-state index in [2.05, 4.69) is 21.6 Å². The number of fused-ring (bicyclic) bond motifs is 1. The van der Waals surface area contributed by atoms with Gasteiger partial charge >= 0.3 is 0 Å². The molecule has 0 radical (unpaired) electrons. The van der Waals surface area contributed by atoms with Crippen molar-refractivity contribution in [3.8, 4) is 5.75 Å². The first-order valence-electron chi connectivity index (χ1n) is 5.65. The Hall–Kier alpha value is -1.55. The number of aromatic nitrogens is 2. The molecule has 2 N–H and O–H groups in total. The van der Waals surface area contributed by atoms with Gasteiger partial charge in [0.25, 0.3) is 0 Å². The second kappa shape index (κ2) is 3.79. The fourth-order valence-corrected chi connectivity index (χ4v) is 2.12. The number of H-pyrrole nitrogens is 1. The topological polar surface area (TPSA) is 49.9 Å². The molecule has 1 aromatic heterocycles. The smallest absolute Gasteiger partial charge is 0.122 e. The second-order valence-corrected chi connectivity index (χ2v) is 4.26. The van der Waals surface area contributed by atoms with Gasteiger partial charge in [-0.25, -0.2) is 0 Å². The maximum Gasteiger partial charge on any atom is 0.122 e. The number of hydrogen-bond acceptors (Lipinski definition) is 3. The average molecular weight is 217 g/mol. The average Bonchev–Trinajstić information content (AvgIpc) is 2.90.